The van der Waals surface area contributed by atoms with Gasteiger partial charge in [0.15, 0.2) is 4.77 Å². The fourth-order valence-corrected chi connectivity index (χ4v) is 2.80. The average Bonchev–Trinajstić information content (AvgIpc) is 2.74. The molecule has 0 atom stereocenters. The van der Waals surface area contributed by atoms with Gasteiger partial charge in [0, 0.05) is 6.07 Å². The maximum atomic E-state index is 13.8. The summed E-state index contributed by atoms with van der Waals surface area (Å²) in [6, 6.07) is 8.86. The minimum absolute atomic E-state index is 0.141. The molecule has 7 heteroatoms. The first-order chi connectivity index (χ1) is 10.0. The maximum Gasteiger partial charge on any atom is 0.182 e. The van der Waals surface area contributed by atoms with Crippen LogP contribution in [0.25, 0.3) is 16.7 Å². The van der Waals surface area contributed by atoms with Crippen LogP contribution in [0.4, 0.5) is 8.78 Å². The monoisotopic (exact) mass is 365 g/mol. The zero-order valence-electron chi connectivity index (χ0n) is 10.3. The summed E-state index contributed by atoms with van der Waals surface area (Å²) in [4.78, 5) is 2.91. The van der Waals surface area contributed by atoms with Gasteiger partial charge in [0.1, 0.15) is 23.3 Å². The second-order valence-electron chi connectivity index (χ2n) is 4.29. The van der Waals surface area contributed by atoms with E-state index in [2.05, 4.69) is 20.9 Å². The van der Waals surface area contributed by atoms with Crippen molar-refractivity contribution in [3.05, 3.63) is 56.8 Å². The van der Waals surface area contributed by atoms with Crippen molar-refractivity contribution in [1.29, 1.82) is 5.26 Å². The standard InChI is InChI=1S/C14H6BrF2N3S/c15-8-4-11-13(5-10(8)17)20(14(21)19-11)12-3-1-2-9(16)7(12)6-18/h1-5H,(H,19,21). The predicted molar refractivity (Wildman–Crippen MR) is 80.8 cm³/mol. The molecule has 3 nitrogen and oxygen atoms in total. The Morgan fingerprint density at radius 2 is 2.00 bits per heavy atom. The molecule has 0 unspecified atom stereocenters. The minimum atomic E-state index is -0.649. The fourth-order valence-electron chi connectivity index (χ4n) is 2.15. The number of hydrogen-bond donors (Lipinski definition) is 1. The van der Waals surface area contributed by atoms with Crippen molar-refractivity contribution in [3.8, 4) is 11.8 Å². The van der Waals surface area contributed by atoms with E-state index in [-0.39, 0.29) is 20.5 Å². The lowest BCUT2D eigenvalue weighted by Crippen LogP contribution is -2.00. The molecular weight excluding hydrogens is 360 g/mol. The van der Waals surface area contributed by atoms with E-state index in [9.17, 15) is 8.78 Å². The number of aromatic nitrogens is 2. The SMILES string of the molecule is N#Cc1c(F)cccc1-n1c(=S)[nH]c2cc(Br)c(F)cc21. The third-order valence-electron chi connectivity index (χ3n) is 3.07. The second-order valence-corrected chi connectivity index (χ2v) is 5.54. The van der Waals surface area contributed by atoms with E-state index in [4.69, 9.17) is 17.5 Å². The van der Waals surface area contributed by atoms with Crippen molar-refractivity contribution in [2.24, 2.45) is 0 Å². The van der Waals surface area contributed by atoms with Gasteiger partial charge in [-0.05, 0) is 46.3 Å². The zero-order valence-corrected chi connectivity index (χ0v) is 12.7. The molecule has 1 N–H and O–H groups in total. The van der Waals surface area contributed by atoms with Crippen LogP contribution >= 0.6 is 28.1 Å². The highest BCUT2D eigenvalue weighted by Crippen LogP contribution is 2.27. The molecule has 0 spiro atoms. The van der Waals surface area contributed by atoms with Crippen LogP contribution in [0.1, 0.15) is 5.56 Å². The summed E-state index contributed by atoms with van der Waals surface area (Å²) in [6.45, 7) is 0. The van der Waals surface area contributed by atoms with E-state index >= 15 is 0 Å². The van der Waals surface area contributed by atoms with E-state index in [0.29, 0.717) is 11.0 Å². The number of aromatic amines is 1. The summed E-state index contributed by atoms with van der Waals surface area (Å²) in [5.41, 5.74) is 1.15. The van der Waals surface area contributed by atoms with Gasteiger partial charge < -0.3 is 4.98 Å². The number of hydrogen-bond acceptors (Lipinski definition) is 2. The van der Waals surface area contributed by atoms with Gasteiger partial charge in [-0.1, -0.05) is 6.07 Å². The molecule has 1 aromatic heterocycles. The van der Waals surface area contributed by atoms with Gasteiger partial charge >= 0.3 is 0 Å². The van der Waals surface area contributed by atoms with Gasteiger partial charge in [0.25, 0.3) is 0 Å². The summed E-state index contributed by atoms with van der Waals surface area (Å²) in [6.07, 6.45) is 0. The molecule has 0 saturated carbocycles. The molecule has 21 heavy (non-hydrogen) atoms. The van der Waals surface area contributed by atoms with Crippen LogP contribution in [0.2, 0.25) is 0 Å². The number of rotatable bonds is 1. The van der Waals surface area contributed by atoms with Crippen LogP contribution in [0.5, 0.6) is 0 Å². The van der Waals surface area contributed by atoms with Gasteiger partial charge in [0.2, 0.25) is 0 Å². The maximum absolute atomic E-state index is 13.8. The summed E-state index contributed by atoms with van der Waals surface area (Å²) in [7, 11) is 0. The van der Waals surface area contributed by atoms with Crippen LogP contribution in [0.3, 0.4) is 0 Å². The van der Waals surface area contributed by atoms with E-state index in [0.717, 1.165) is 0 Å². The van der Waals surface area contributed by atoms with E-state index in [1.54, 1.807) is 12.1 Å². The summed E-state index contributed by atoms with van der Waals surface area (Å²) < 4.78 is 29.5. The molecule has 0 fully saturated rings. The number of halogens is 3. The lowest BCUT2D eigenvalue weighted by Gasteiger charge is -2.07. The van der Waals surface area contributed by atoms with Crippen LogP contribution < -0.4 is 0 Å². The molecule has 0 amide bonds. The number of nitrogens with zero attached hydrogens (tertiary/aromatic N) is 2. The number of nitrogens with one attached hydrogen (secondary N) is 1. The predicted octanol–water partition coefficient (Wildman–Crippen LogP) is 4.60. The molecule has 0 aliphatic carbocycles. The molecule has 1 heterocycles. The van der Waals surface area contributed by atoms with Crippen molar-refractivity contribution < 1.29 is 8.78 Å². The first kappa shape index (κ1) is 13.9. The largest absolute Gasteiger partial charge is 0.330 e. The molecule has 0 radical (unpaired) electrons. The second kappa shape index (κ2) is 5.06. The third-order valence-corrected chi connectivity index (χ3v) is 3.96. The molecule has 0 saturated heterocycles. The first-order valence-electron chi connectivity index (χ1n) is 5.81. The highest BCUT2D eigenvalue weighted by Gasteiger charge is 2.15. The van der Waals surface area contributed by atoms with Crippen molar-refractivity contribution in [1.82, 2.24) is 9.55 Å². The Morgan fingerprint density at radius 3 is 2.71 bits per heavy atom. The van der Waals surface area contributed by atoms with Crippen LogP contribution in [0.15, 0.2) is 34.8 Å². The summed E-state index contributed by atoms with van der Waals surface area (Å²) in [5, 5.41) is 9.13. The summed E-state index contributed by atoms with van der Waals surface area (Å²) in [5.74, 6) is -1.12. The number of benzene rings is 2. The fraction of sp³-hybridized carbons (Fsp3) is 0. The number of nitriles is 1. The zero-order chi connectivity index (χ0) is 15.1. The lowest BCUT2D eigenvalue weighted by molar-refractivity contribution is 0.621. The van der Waals surface area contributed by atoms with Crippen LogP contribution in [0, 0.1) is 27.7 Å². The topological polar surface area (TPSA) is 44.5 Å². The van der Waals surface area contributed by atoms with Gasteiger partial charge in [-0.2, -0.15) is 5.26 Å². The molecular formula is C14H6BrF2N3S. The highest BCUT2D eigenvalue weighted by molar-refractivity contribution is 9.10. The van der Waals surface area contributed by atoms with Crippen molar-refractivity contribution >= 4 is 39.2 Å². The minimum Gasteiger partial charge on any atom is -0.330 e. The number of fused-ring (bicyclic) bond motifs is 1. The molecule has 3 rings (SSSR count). The molecule has 0 bridgehead atoms. The number of imidazole rings is 1. The normalized spacial score (nSPS) is 10.8. The third kappa shape index (κ3) is 2.17. The highest BCUT2D eigenvalue weighted by atomic mass is 79.9. The molecule has 0 aliphatic heterocycles. The average molecular weight is 366 g/mol. The van der Waals surface area contributed by atoms with Crippen molar-refractivity contribution in [3.63, 3.8) is 0 Å². The van der Waals surface area contributed by atoms with Gasteiger partial charge in [-0.3, -0.25) is 4.57 Å². The molecule has 3 aromatic rings. The van der Waals surface area contributed by atoms with Gasteiger partial charge in [-0.25, -0.2) is 8.78 Å². The first-order valence-corrected chi connectivity index (χ1v) is 7.02. The van der Waals surface area contributed by atoms with Gasteiger partial charge in [0.05, 0.1) is 21.2 Å². The van der Waals surface area contributed by atoms with Crippen molar-refractivity contribution in [2.45, 2.75) is 0 Å². The van der Waals surface area contributed by atoms with Crippen LogP contribution in [-0.4, -0.2) is 9.55 Å². The Kier molecular flexibility index (Phi) is 3.35. The smallest absolute Gasteiger partial charge is 0.182 e. The van der Waals surface area contributed by atoms with E-state index in [1.807, 2.05) is 6.07 Å². The van der Waals surface area contributed by atoms with Crippen molar-refractivity contribution in [2.75, 3.05) is 0 Å². The van der Waals surface area contributed by atoms with Gasteiger partial charge in [-0.15, -0.1) is 0 Å². The Morgan fingerprint density at radius 1 is 1.24 bits per heavy atom. The molecule has 104 valence electrons. The molecule has 0 aliphatic rings. The Labute approximate surface area is 131 Å². The number of H-pyrrole nitrogens is 1. The van der Waals surface area contributed by atoms with Crippen LogP contribution in [-0.2, 0) is 0 Å². The quantitative estimate of drug-likeness (QED) is 0.640. The van der Waals surface area contributed by atoms with E-state index < -0.39 is 11.6 Å². The van der Waals surface area contributed by atoms with E-state index in [1.165, 1.54) is 22.8 Å². The Bertz CT molecular complexity index is 969. The lowest BCUT2D eigenvalue weighted by atomic mass is 10.1. The Balaban J connectivity index is 2.44. The summed E-state index contributed by atoms with van der Waals surface area (Å²) >= 11 is 8.31. The Hall–Kier alpha value is -2.04. The molecule has 2 aromatic carbocycles.